The number of aliphatic carboxylic acids is 1. The van der Waals surface area contributed by atoms with Crippen molar-refractivity contribution >= 4 is 182 Å². The first-order chi connectivity index (χ1) is 62.1. The lowest BCUT2D eigenvalue weighted by Gasteiger charge is -2.21. The molecule has 45 nitrogen and oxygen atoms in total. The van der Waals surface area contributed by atoms with Crippen molar-refractivity contribution in [1.29, 1.82) is 15.8 Å². The number of rotatable bonds is 34. The van der Waals surface area contributed by atoms with Crippen molar-refractivity contribution in [3.63, 3.8) is 0 Å². The topological polar surface area (TPSA) is 769 Å². The summed E-state index contributed by atoms with van der Waals surface area (Å²) in [5.41, 5.74) is 53.7. The summed E-state index contributed by atoms with van der Waals surface area (Å²) >= 11 is 9.78. The number of alkyl carbamates (subject to hydrolysis) is 2. The first-order valence-corrected chi connectivity index (χ1v) is 41.3. The van der Waals surface area contributed by atoms with Gasteiger partial charge in [-0.25, -0.2) is 36.3 Å². The number of methoxy groups -OCH3 is 7. The van der Waals surface area contributed by atoms with Gasteiger partial charge in [-0.2, -0.15) is 28.9 Å². The summed E-state index contributed by atoms with van der Waals surface area (Å²) in [4.78, 5) is 110. The van der Waals surface area contributed by atoms with Crippen LogP contribution in [0.1, 0.15) is 85.7 Å². The number of nitrogens with one attached hydrogen (secondary N) is 7. The van der Waals surface area contributed by atoms with Gasteiger partial charge in [-0.3, -0.25) is 44.1 Å². The van der Waals surface area contributed by atoms with Crippen molar-refractivity contribution in [1.82, 2.24) is 23.8 Å². The number of ether oxygens (including phenoxy) is 9. The molecule has 134 heavy (non-hydrogen) atoms. The minimum Gasteiger partial charge on any atom is -0.480 e. The number of nitrogen functional groups attached to an aromatic ring is 1. The van der Waals surface area contributed by atoms with E-state index in [1.165, 1.54) is 103 Å². The molecule has 0 aliphatic heterocycles. The maximum Gasteiger partial charge on any atom is 0.408 e. The zero-order valence-electron chi connectivity index (χ0n) is 75.2. The number of carbonyl (C=O) groups excluding carboxylic acids is 9. The van der Waals surface area contributed by atoms with E-state index in [0.29, 0.717) is 20.2 Å². The first kappa shape index (κ1) is 128. The lowest BCUT2D eigenvalue weighted by Crippen LogP contribution is -2.48. The van der Waals surface area contributed by atoms with Gasteiger partial charge in [0.05, 0.1) is 114 Å². The van der Waals surface area contributed by atoms with E-state index in [4.69, 9.17) is 112 Å². The second-order valence-corrected chi connectivity index (χ2v) is 32.1. The average molecular weight is 2110 g/mol. The van der Waals surface area contributed by atoms with Gasteiger partial charge in [-0.1, -0.05) is 0 Å². The number of hydrogen-bond acceptors (Lipinski definition) is 38. The molecule has 4 aromatic carbocycles. The molecule has 0 unspecified atom stereocenters. The van der Waals surface area contributed by atoms with Crippen LogP contribution in [0.15, 0.2) is 75.7 Å². The quantitative estimate of drug-likeness (QED) is 0.00895. The molecule has 56 heteroatoms. The number of primary amides is 7. The SMILES string of the molecule is COC[C@@H](N)C(N)=O.COC[C@@H](N)C(N)=O.COC[C@@H](NC(=O)OC(C)(C)C)C(=O)O.COC[C@@H](NC(=O)OC(C)(C)C)C(N)=O.COC[C@@H](Nc1cc(Br)c(C#N)cc1F)C(N)=O.COC[C@@H](Nc1cc(Nc2cc(C)ns2)c(C#N)cc1F)C(N)=O.COC[C@@H](Nc1cc(Nc2cc(C)ns2)c(C(N)=O)cc1F)C(N)=O.Cc1cc(N)sn1.Cl.N#Cc1cc(F)c(F)cc1Br.OO. The number of aromatic nitrogens is 3. The summed E-state index contributed by atoms with van der Waals surface area (Å²) in [6, 6.07) is 14.0. The Morgan fingerprint density at radius 2 is 0.716 bits per heavy atom. The van der Waals surface area contributed by atoms with Gasteiger partial charge in [0.25, 0.3) is 5.91 Å². The van der Waals surface area contributed by atoms with Gasteiger partial charge in [-0.05, 0) is 196 Å². The Balaban J connectivity index is -0.000000728. The molecule has 3 heterocycles. The van der Waals surface area contributed by atoms with Crippen LogP contribution in [0, 0.1) is 83.9 Å². The largest absolute Gasteiger partial charge is 0.480 e. The van der Waals surface area contributed by atoms with E-state index in [0.717, 1.165) is 52.4 Å². The van der Waals surface area contributed by atoms with Gasteiger partial charge in [0.2, 0.25) is 35.4 Å². The normalized spacial score (nSPS) is 11.6. The summed E-state index contributed by atoms with van der Waals surface area (Å²) in [5, 5.41) is 67.6. The molecule has 0 spiro atoms. The predicted molar refractivity (Wildman–Crippen MR) is 498 cm³/mol. The van der Waals surface area contributed by atoms with E-state index in [1.807, 2.05) is 39.0 Å². The number of aryl methyl sites for hydroxylation is 3. The number of nitriles is 3. The van der Waals surface area contributed by atoms with Crippen LogP contribution in [0.4, 0.5) is 75.0 Å². The number of hydrogen-bond donors (Lipinski definition) is 20. The molecule has 30 N–H and O–H groups in total. The molecule has 0 saturated carbocycles. The van der Waals surface area contributed by atoms with Crippen molar-refractivity contribution < 1.29 is 128 Å². The zero-order valence-corrected chi connectivity index (χ0v) is 81.6. The Bertz CT molecular complexity index is 4920. The third-order valence-electron chi connectivity index (χ3n) is 14.5. The smallest absolute Gasteiger partial charge is 0.408 e. The summed E-state index contributed by atoms with van der Waals surface area (Å²) in [6.45, 7) is 16.1. The summed E-state index contributed by atoms with van der Waals surface area (Å²) < 4.78 is 123. The van der Waals surface area contributed by atoms with E-state index in [1.54, 1.807) is 59.7 Å². The monoisotopic (exact) mass is 2110 g/mol. The molecule has 9 amide bonds. The van der Waals surface area contributed by atoms with Crippen LogP contribution in [0.25, 0.3) is 0 Å². The van der Waals surface area contributed by atoms with Gasteiger partial charge in [0.1, 0.15) is 98.1 Å². The van der Waals surface area contributed by atoms with Crippen molar-refractivity contribution in [3.05, 3.63) is 144 Å². The van der Waals surface area contributed by atoms with E-state index < -0.39 is 142 Å². The van der Waals surface area contributed by atoms with E-state index in [-0.39, 0.29) is 108 Å². The van der Waals surface area contributed by atoms with Gasteiger partial charge in [0, 0.05) is 58.7 Å². The van der Waals surface area contributed by atoms with Crippen molar-refractivity contribution in [2.24, 2.45) is 51.6 Å². The summed E-state index contributed by atoms with van der Waals surface area (Å²) in [5.74, 6) is -9.75. The highest BCUT2D eigenvalue weighted by Gasteiger charge is 2.27. The molecule has 744 valence electrons. The molecule has 0 bridgehead atoms. The maximum atomic E-state index is 14.3. The number of halogens is 8. The second kappa shape index (κ2) is 67.9. The van der Waals surface area contributed by atoms with Crippen LogP contribution < -0.4 is 94.6 Å². The van der Waals surface area contributed by atoms with Crippen molar-refractivity contribution in [2.75, 3.05) is 128 Å². The molecular weight excluding hydrogens is 2000 g/mol. The van der Waals surface area contributed by atoms with Crippen molar-refractivity contribution in [3.8, 4) is 18.2 Å². The molecule has 7 aromatic rings. The number of carboxylic acids is 1. The molecule has 0 aliphatic carbocycles. The van der Waals surface area contributed by atoms with E-state index in [2.05, 4.69) is 96.4 Å². The highest BCUT2D eigenvalue weighted by atomic mass is 79.9. The standard InChI is InChI=1S/C15H18FN5O3S.C15H16FN5O2S.C11H11BrFN3O2.C9H18N2O4.C9H17NO5.C7H2BrF2N.2C4H10N2O2.C4H6N2S.ClH.H2O2/c1-7-3-13(25-21-7)20-10-5-11(9(16)4-8(10)14(17)22)19-12(6-24-2)15(18)23;1-8-3-14(24-21-8)20-11-5-12(10(16)4-9(11)6-17)19-13(7-23-2)15(18)22;1-18-5-10(11(15)17)16-9-3-7(12)6(4-14)2-8(9)13;1-9(2,3)15-8(13)11-6(5-14-4)7(10)12;1-9(2,3)15-8(13)10-6(5-14-4)7(11)12;8-5-2-7(10)6(9)1-4(5)3-11;2*1-8-2-3(5)4(6)7;1-3-2-4(5)7-6-3;;1-2/h3-5,12,19-20H,6H2,1-2H3,(H2,17,22)(H2,18,23);3-5,13,19-20H,7H2,1-2H3,(H2,18,22);2-3,10,16H,5H2,1H3,(H2,15,17);6H,5H2,1-4H3,(H2,10,12)(H,11,13);6H,5H2,1-4H3,(H,10,13)(H,11,12);1-2H;2*3H,2,5H2,1H3,(H2,6,7);2H,5H2,1H3;1H;1-2H/t12-;13-;10-;2*6-;;2*3-;;;/m11111.11.../s1. The van der Waals surface area contributed by atoms with Gasteiger partial charge in [-0.15, -0.1) is 12.4 Å². The van der Waals surface area contributed by atoms with Crippen LogP contribution in [-0.2, 0) is 76.2 Å². The fourth-order valence-corrected chi connectivity index (χ4v) is 11.2. The molecule has 7 rings (SSSR count). The minimum absolute atomic E-state index is 0. The maximum absolute atomic E-state index is 14.3. The molecule has 0 aliphatic rings. The number of carbonyl (C=O) groups is 10. The van der Waals surface area contributed by atoms with E-state index in [9.17, 15) is 75.2 Å². The zero-order chi connectivity index (χ0) is 103. The highest BCUT2D eigenvalue weighted by molar-refractivity contribution is 9.10. The van der Waals surface area contributed by atoms with Gasteiger partial charge < -0.3 is 142 Å². The van der Waals surface area contributed by atoms with Crippen LogP contribution in [-0.4, -0.2) is 238 Å². The Labute approximate surface area is 802 Å². The van der Waals surface area contributed by atoms with Crippen LogP contribution in [0.3, 0.4) is 0 Å². The van der Waals surface area contributed by atoms with E-state index >= 15 is 0 Å². The second-order valence-electron chi connectivity index (χ2n) is 27.9. The Morgan fingerprint density at radius 3 is 1.01 bits per heavy atom. The fraction of sp³-hybridized carbons (Fsp3) is 0.410. The number of nitrogens with zero attached hydrogens (tertiary/aromatic N) is 6. The Kier molecular flexibility index (Phi) is 64.9. The lowest BCUT2D eigenvalue weighted by atomic mass is 10.1. The number of amides is 9. The summed E-state index contributed by atoms with van der Waals surface area (Å²) in [7, 11) is 9.89. The third kappa shape index (κ3) is 54.7. The average Bonchev–Trinajstić information content (AvgIpc) is 1.16. The lowest BCUT2D eigenvalue weighted by molar-refractivity contribution is -0.176. The van der Waals surface area contributed by atoms with Gasteiger partial charge >= 0.3 is 18.2 Å². The molecule has 0 saturated heterocycles. The van der Waals surface area contributed by atoms with Crippen LogP contribution >= 0.6 is 78.9 Å². The number of anilines is 8. The van der Waals surface area contributed by atoms with Crippen LogP contribution in [0.2, 0.25) is 0 Å². The molecule has 7 atom stereocenters. The molecule has 0 radical (unpaired) electrons. The molecule has 3 aromatic heterocycles. The highest BCUT2D eigenvalue weighted by Crippen LogP contribution is 2.32. The number of benzene rings is 4. The number of carboxylic acid groups (broad SMARTS) is 1. The third-order valence-corrected chi connectivity index (χ3v) is 18.1. The first-order valence-electron chi connectivity index (χ1n) is 37.4. The summed E-state index contributed by atoms with van der Waals surface area (Å²) in [6.07, 6.45) is -1.46. The molecular formula is C78H111Br2ClF5N23O22S3. The predicted octanol–water partition coefficient (Wildman–Crippen LogP) is 6.42. The fourth-order valence-electron chi connectivity index (χ4n) is 8.49. The van der Waals surface area contributed by atoms with Gasteiger partial charge in [0.15, 0.2) is 17.7 Å². The minimum atomic E-state index is -1.16. The van der Waals surface area contributed by atoms with Crippen LogP contribution in [0.5, 0.6) is 0 Å². The number of nitrogens with two attached hydrogens (primary N) is 10. The Morgan fingerprint density at radius 1 is 0.418 bits per heavy atom. The van der Waals surface area contributed by atoms with Crippen molar-refractivity contribution in [2.45, 2.75) is 116 Å². The molecule has 0 fully saturated rings. The Hall–Kier alpha value is -12.2.